The first-order valence-corrected chi connectivity index (χ1v) is 7.22. The second-order valence-electron chi connectivity index (χ2n) is 3.73. The van der Waals surface area contributed by atoms with Gasteiger partial charge in [-0.2, -0.15) is 4.68 Å². The molecule has 0 saturated carbocycles. The van der Waals surface area contributed by atoms with Gasteiger partial charge in [-0.3, -0.25) is 4.79 Å². The van der Waals surface area contributed by atoms with Crippen LogP contribution in [0.5, 0.6) is 0 Å². The first-order chi connectivity index (χ1) is 9.02. The van der Waals surface area contributed by atoms with Crippen molar-refractivity contribution >= 4 is 35.0 Å². The molecule has 8 heteroatoms. The summed E-state index contributed by atoms with van der Waals surface area (Å²) in [6, 6.07) is 5.14. The van der Waals surface area contributed by atoms with Crippen LogP contribution in [0.25, 0.3) is 0 Å². The molecule has 100 valence electrons. The van der Waals surface area contributed by atoms with Gasteiger partial charge in [0.25, 0.3) is 5.56 Å². The monoisotopic (exact) mass is 316 g/mol. The smallest absolute Gasteiger partial charge is 0.294 e. The fraction of sp³-hybridized carbons (Fsp3) is 0.182. The number of benzene rings is 1. The molecule has 0 radical (unpaired) electrons. The topological polar surface area (TPSA) is 73.8 Å². The minimum atomic E-state index is -0.370. The van der Waals surface area contributed by atoms with E-state index in [-0.39, 0.29) is 11.3 Å². The van der Waals surface area contributed by atoms with Gasteiger partial charge in [0.15, 0.2) is 0 Å². The molecular weight excluding hydrogens is 307 g/mol. The van der Waals surface area contributed by atoms with E-state index >= 15 is 0 Å². The molecule has 5 nitrogen and oxygen atoms in total. The molecule has 2 N–H and O–H groups in total. The minimum Gasteiger partial charge on any atom is -0.334 e. The van der Waals surface area contributed by atoms with Gasteiger partial charge in [-0.25, -0.2) is 0 Å². The van der Waals surface area contributed by atoms with E-state index in [1.807, 2.05) is 0 Å². The zero-order valence-electron chi connectivity index (χ0n) is 9.93. The lowest BCUT2D eigenvalue weighted by atomic mass is 10.1. The zero-order valence-corrected chi connectivity index (χ0v) is 12.3. The van der Waals surface area contributed by atoms with Crippen LogP contribution in [0.1, 0.15) is 11.3 Å². The number of rotatable bonds is 3. The highest BCUT2D eigenvalue weighted by Crippen LogP contribution is 2.23. The summed E-state index contributed by atoms with van der Waals surface area (Å²) in [5, 5.41) is 9.04. The summed E-state index contributed by atoms with van der Waals surface area (Å²) in [5.74, 6) is 5.64. The van der Waals surface area contributed by atoms with Crippen molar-refractivity contribution in [2.24, 2.45) is 0 Å². The Kier molecular flexibility index (Phi) is 4.34. The number of thioether (sulfide) groups is 1. The van der Waals surface area contributed by atoms with Crippen molar-refractivity contribution in [1.29, 1.82) is 0 Å². The van der Waals surface area contributed by atoms with E-state index in [2.05, 4.69) is 10.2 Å². The molecule has 0 bridgehead atoms. The van der Waals surface area contributed by atoms with Gasteiger partial charge in [0, 0.05) is 6.42 Å². The molecule has 0 saturated heterocycles. The molecule has 1 aromatic heterocycles. The number of nitrogens with zero attached hydrogens (tertiary/aromatic N) is 3. The fourth-order valence-corrected chi connectivity index (χ4v) is 2.24. The highest BCUT2D eigenvalue weighted by Gasteiger charge is 2.10. The predicted octanol–water partition coefficient (Wildman–Crippen LogP) is 1.97. The number of halogens is 2. The third-order valence-corrected chi connectivity index (χ3v) is 3.85. The Hall–Kier alpha value is -1.24. The molecule has 0 amide bonds. The Morgan fingerprint density at radius 1 is 1.32 bits per heavy atom. The first kappa shape index (κ1) is 14.2. The van der Waals surface area contributed by atoms with E-state index in [0.29, 0.717) is 21.6 Å². The van der Waals surface area contributed by atoms with Crippen molar-refractivity contribution in [3.63, 3.8) is 0 Å². The summed E-state index contributed by atoms with van der Waals surface area (Å²) in [5.41, 5.74) is 0.710. The van der Waals surface area contributed by atoms with E-state index in [0.717, 1.165) is 10.2 Å². The zero-order chi connectivity index (χ0) is 14.0. The molecule has 1 aromatic carbocycles. The third kappa shape index (κ3) is 3.02. The molecule has 0 aliphatic carbocycles. The summed E-state index contributed by atoms with van der Waals surface area (Å²) in [6.07, 6.45) is 2.07. The van der Waals surface area contributed by atoms with Gasteiger partial charge in [-0.1, -0.05) is 41.0 Å². The summed E-state index contributed by atoms with van der Waals surface area (Å²) in [4.78, 5) is 12.0. The van der Waals surface area contributed by atoms with E-state index in [1.54, 1.807) is 24.5 Å². The Bertz CT molecular complexity index is 674. The fourth-order valence-electron chi connectivity index (χ4n) is 1.51. The lowest BCUT2D eigenvalue weighted by Crippen LogP contribution is -2.33. The van der Waals surface area contributed by atoms with Crippen LogP contribution in [0.15, 0.2) is 28.2 Å². The van der Waals surface area contributed by atoms with Crippen LogP contribution in [0, 0.1) is 0 Å². The maximum atomic E-state index is 12.0. The normalized spacial score (nSPS) is 10.7. The molecule has 0 aliphatic rings. The van der Waals surface area contributed by atoms with Crippen LogP contribution in [-0.2, 0) is 6.42 Å². The molecule has 0 aliphatic heterocycles. The quantitative estimate of drug-likeness (QED) is 0.692. The van der Waals surface area contributed by atoms with Crippen LogP contribution in [0.4, 0.5) is 0 Å². The van der Waals surface area contributed by atoms with Gasteiger partial charge in [-0.15, -0.1) is 10.2 Å². The molecule has 1 heterocycles. The molecule has 2 aromatic rings. The maximum Gasteiger partial charge on any atom is 0.294 e. The Balaban J connectivity index is 2.36. The second-order valence-corrected chi connectivity index (χ2v) is 5.32. The van der Waals surface area contributed by atoms with Crippen LogP contribution in [0.2, 0.25) is 10.0 Å². The largest absolute Gasteiger partial charge is 0.334 e. The Morgan fingerprint density at radius 2 is 2.05 bits per heavy atom. The van der Waals surface area contributed by atoms with E-state index in [4.69, 9.17) is 29.0 Å². The second kappa shape index (κ2) is 5.81. The summed E-state index contributed by atoms with van der Waals surface area (Å²) < 4.78 is 0.991. The lowest BCUT2D eigenvalue weighted by Gasteiger charge is -2.06. The Labute approximate surface area is 123 Å². The van der Waals surface area contributed by atoms with Crippen molar-refractivity contribution in [3.8, 4) is 0 Å². The van der Waals surface area contributed by atoms with E-state index < -0.39 is 0 Å². The lowest BCUT2D eigenvalue weighted by molar-refractivity contribution is 0.673. The molecule has 2 rings (SSSR count). The van der Waals surface area contributed by atoms with Crippen LogP contribution in [-0.4, -0.2) is 21.1 Å². The number of nitrogen functional groups attached to an aromatic ring is 1. The highest BCUT2D eigenvalue weighted by atomic mass is 35.5. The third-order valence-electron chi connectivity index (χ3n) is 2.47. The van der Waals surface area contributed by atoms with E-state index in [1.165, 1.54) is 11.8 Å². The number of hydrogen-bond donors (Lipinski definition) is 1. The summed E-state index contributed by atoms with van der Waals surface area (Å²) in [6.45, 7) is 0. The van der Waals surface area contributed by atoms with Crippen LogP contribution in [0.3, 0.4) is 0 Å². The van der Waals surface area contributed by atoms with Crippen LogP contribution < -0.4 is 11.4 Å². The SMILES string of the molecule is CSc1nnc(Cc2ccc(Cl)c(Cl)c2)c(=O)n1N. The minimum absolute atomic E-state index is 0.263. The van der Waals surface area contributed by atoms with Crippen molar-refractivity contribution in [2.75, 3.05) is 12.1 Å². The summed E-state index contributed by atoms with van der Waals surface area (Å²) in [7, 11) is 0. The first-order valence-electron chi connectivity index (χ1n) is 5.24. The predicted molar refractivity (Wildman–Crippen MR) is 77.5 cm³/mol. The summed E-state index contributed by atoms with van der Waals surface area (Å²) >= 11 is 13.0. The molecule has 0 spiro atoms. The maximum absolute atomic E-state index is 12.0. The molecule has 0 fully saturated rings. The van der Waals surface area contributed by atoms with Gasteiger partial charge in [0.1, 0.15) is 5.69 Å². The van der Waals surface area contributed by atoms with Crippen molar-refractivity contribution in [1.82, 2.24) is 14.9 Å². The van der Waals surface area contributed by atoms with Gasteiger partial charge in [0.2, 0.25) is 5.16 Å². The van der Waals surface area contributed by atoms with Crippen molar-refractivity contribution in [2.45, 2.75) is 11.6 Å². The molecule has 19 heavy (non-hydrogen) atoms. The van der Waals surface area contributed by atoms with Gasteiger partial charge in [-0.05, 0) is 24.0 Å². The average Bonchev–Trinajstić information content (AvgIpc) is 2.40. The average molecular weight is 317 g/mol. The molecule has 0 unspecified atom stereocenters. The van der Waals surface area contributed by atoms with Gasteiger partial charge in [0.05, 0.1) is 10.0 Å². The van der Waals surface area contributed by atoms with Crippen molar-refractivity contribution in [3.05, 3.63) is 49.9 Å². The molecular formula is C11H10Cl2N4OS. The van der Waals surface area contributed by atoms with Gasteiger partial charge >= 0.3 is 0 Å². The number of hydrogen-bond acceptors (Lipinski definition) is 5. The standard InChI is InChI=1S/C11H10Cl2N4OS/c1-19-11-16-15-9(10(18)17(11)14)5-6-2-3-7(12)8(13)4-6/h2-4H,5,14H2,1H3. The highest BCUT2D eigenvalue weighted by molar-refractivity contribution is 7.98. The number of nitrogens with two attached hydrogens (primary N) is 1. The van der Waals surface area contributed by atoms with E-state index in [9.17, 15) is 4.79 Å². The van der Waals surface area contributed by atoms with Crippen molar-refractivity contribution < 1.29 is 0 Å². The van der Waals surface area contributed by atoms with Gasteiger partial charge < -0.3 is 5.84 Å². The Morgan fingerprint density at radius 3 is 2.68 bits per heavy atom. The molecule has 0 atom stereocenters. The number of aromatic nitrogens is 3. The van der Waals surface area contributed by atoms with Crippen LogP contribution >= 0.6 is 35.0 Å².